The molecule has 18 heavy (non-hydrogen) atoms. The van der Waals surface area contributed by atoms with Crippen LogP contribution in [0.1, 0.15) is 12.8 Å². The van der Waals surface area contributed by atoms with Crippen molar-refractivity contribution in [3.8, 4) is 11.3 Å². The molecule has 0 aromatic carbocycles. The third-order valence-electron chi connectivity index (χ3n) is 3.00. The fourth-order valence-electron chi connectivity index (χ4n) is 2.05. The highest BCUT2D eigenvalue weighted by atomic mass is 15.3. The van der Waals surface area contributed by atoms with E-state index in [4.69, 9.17) is 5.73 Å². The fraction of sp³-hybridized carbons (Fsp3) is 0.333. The van der Waals surface area contributed by atoms with Gasteiger partial charge >= 0.3 is 0 Å². The van der Waals surface area contributed by atoms with E-state index in [0.29, 0.717) is 0 Å². The molecular formula is C12H14N6. The summed E-state index contributed by atoms with van der Waals surface area (Å²) in [6, 6.07) is 1.86. The third-order valence-corrected chi connectivity index (χ3v) is 3.00. The number of nitrogens with two attached hydrogens (primary N) is 1. The van der Waals surface area contributed by atoms with Crippen molar-refractivity contribution in [3.63, 3.8) is 0 Å². The molecule has 0 unspecified atom stereocenters. The van der Waals surface area contributed by atoms with E-state index in [2.05, 4.69) is 24.8 Å². The van der Waals surface area contributed by atoms with E-state index in [0.717, 1.165) is 30.3 Å². The summed E-state index contributed by atoms with van der Waals surface area (Å²) in [4.78, 5) is 19.0. The molecule has 2 aromatic rings. The Morgan fingerprint density at radius 2 is 1.78 bits per heavy atom. The van der Waals surface area contributed by atoms with Crippen molar-refractivity contribution in [2.45, 2.75) is 12.8 Å². The summed E-state index contributed by atoms with van der Waals surface area (Å²) in [6.07, 6.45) is 7.54. The SMILES string of the molecule is Nc1ncc(-c2ccnc(N3CCCC3)n2)cn1. The largest absolute Gasteiger partial charge is 0.368 e. The van der Waals surface area contributed by atoms with Crippen molar-refractivity contribution in [1.82, 2.24) is 19.9 Å². The summed E-state index contributed by atoms with van der Waals surface area (Å²) >= 11 is 0. The van der Waals surface area contributed by atoms with Crippen LogP contribution in [0, 0.1) is 0 Å². The van der Waals surface area contributed by atoms with Crippen molar-refractivity contribution >= 4 is 11.9 Å². The Labute approximate surface area is 105 Å². The molecule has 1 aliphatic heterocycles. The molecule has 92 valence electrons. The lowest BCUT2D eigenvalue weighted by molar-refractivity contribution is 0.899. The van der Waals surface area contributed by atoms with Crippen LogP contribution < -0.4 is 10.6 Å². The van der Waals surface area contributed by atoms with Crippen LogP contribution in [-0.4, -0.2) is 33.0 Å². The number of nitrogens with zero attached hydrogens (tertiary/aromatic N) is 5. The van der Waals surface area contributed by atoms with Gasteiger partial charge in [0.15, 0.2) is 0 Å². The number of rotatable bonds is 2. The lowest BCUT2D eigenvalue weighted by Crippen LogP contribution is -2.20. The fourth-order valence-corrected chi connectivity index (χ4v) is 2.05. The van der Waals surface area contributed by atoms with Crippen molar-refractivity contribution in [1.29, 1.82) is 0 Å². The van der Waals surface area contributed by atoms with Gasteiger partial charge < -0.3 is 10.6 Å². The van der Waals surface area contributed by atoms with E-state index in [1.807, 2.05) is 6.07 Å². The summed E-state index contributed by atoms with van der Waals surface area (Å²) < 4.78 is 0. The van der Waals surface area contributed by atoms with Gasteiger partial charge in [0, 0.05) is 37.2 Å². The maximum atomic E-state index is 5.47. The number of hydrogen-bond acceptors (Lipinski definition) is 6. The van der Waals surface area contributed by atoms with Crippen LogP contribution in [0.4, 0.5) is 11.9 Å². The first kappa shape index (κ1) is 10.9. The molecule has 0 saturated carbocycles. The first-order valence-corrected chi connectivity index (χ1v) is 5.99. The molecule has 0 radical (unpaired) electrons. The summed E-state index contributed by atoms with van der Waals surface area (Å²) in [5.74, 6) is 1.05. The van der Waals surface area contributed by atoms with Gasteiger partial charge in [-0.3, -0.25) is 0 Å². The van der Waals surface area contributed by atoms with Gasteiger partial charge in [-0.25, -0.2) is 19.9 Å². The van der Waals surface area contributed by atoms with Gasteiger partial charge in [-0.05, 0) is 18.9 Å². The van der Waals surface area contributed by atoms with Gasteiger partial charge in [0.1, 0.15) is 0 Å². The van der Waals surface area contributed by atoms with Crippen LogP contribution in [0.15, 0.2) is 24.7 Å². The van der Waals surface area contributed by atoms with Crippen LogP contribution in [0.2, 0.25) is 0 Å². The first-order valence-electron chi connectivity index (χ1n) is 5.99. The molecule has 0 atom stereocenters. The summed E-state index contributed by atoms with van der Waals surface area (Å²) in [5, 5.41) is 0. The Bertz CT molecular complexity index is 533. The zero-order chi connectivity index (χ0) is 12.4. The molecule has 6 nitrogen and oxygen atoms in total. The van der Waals surface area contributed by atoms with E-state index >= 15 is 0 Å². The molecule has 3 heterocycles. The smallest absolute Gasteiger partial charge is 0.225 e. The first-order chi connectivity index (χ1) is 8.83. The Kier molecular flexibility index (Phi) is 2.76. The lowest BCUT2D eigenvalue weighted by atomic mass is 10.2. The molecule has 1 aliphatic rings. The molecule has 0 bridgehead atoms. The minimum Gasteiger partial charge on any atom is -0.368 e. The molecule has 1 fully saturated rings. The van der Waals surface area contributed by atoms with E-state index in [-0.39, 0.29) is 5.95 Å². The van der Waals surface area contributed by atoms with Crippen LogP contribution in [0.3, 0.4) is 0 Å². The van der Waals surface area contributed by atoms with Crippen LogP contribution in [-0.2, 0) is 0 Å². The van der Waals surface area contributed by atoms with E-state index in [9.17, 15) is 0 Å². The molecule has 2 aromatic heterocycles. The molecule has 0 aliphatic carbocycles. The Balaban J connectivity index is 1.92. The Morgan fingerprint density at radius 3 is 2.50 bits per heavy atom. The van der Waals surface area contributed by atoms with Crippen molar-refractivity contribution in [2.24, 2.45) is 0 Å². The van der Waals surface area contributed by atoms with Gasteiger partial charge in [0.2, 0.25) is 11.9 Å². The highest BCUT2D eigenvalue weighted by Gasteiger charge is 2.15. The average Bonchev–Trinajstić information content (AvgIpc) is 2.94. The molecule has 0 spiro atoms. The zero-order valence-corrected chi connectivity index (χ0v) is 9.95. The standard InChI is InChI=1S/C12H14N6/c13-11-15-7-9(8-16-11)10-3-4-14-12(17-10)18-5-1-2-6-18/h3-4,7-8H,1-2,5-6H2,(H2,13,15,16). The number of hydrogen-bond donors (Lipinski definition) is 1. The summed E-state index contributed by atoms with van der Waals surface area (Å²) in [5.41, 5.74) is 7.15. The maximum absolute atomic E-state index is 5.47. The predicted molar refractivity (Wildman–Crippen MR) is 68.9 cm³/mol. The molecule has 1 saturated heterocycles. The second kappa shape index (κ2) is 4.56. The van der Waals surface area contributed by atoms with Gasteiger partial charge in [0.25, 0.3) is 0 Å². The second-order valence-electron chi connectivity index (χ2n) is 4.27. The van der Waals surface area contributed by atoms with Crippen LogP contribution in [0.25, 0.3) is 11.3 Å². The van der Waals surface area contributed by atoms with Crippen LogP contribution in [0.5, 0.6) is 0 Å². The summed E-state index contributed by atoms with van der Waals surface area (Å²) in [6.45, 7) is 2.06. The monoisotopic (exact) mass is 242 g/mol. The predicted octanol–water partition coefficient (Wildman–Crippen LogP) is 1.12. The van der Waals surface area contributed by atoms with Gasteiger partial charge in [-0.15, -0.1) is 0 Å². The Morgan fingerprint density at radius 1 is 1.06 bits per heavy atom. The van der Waals surface area contributed by atoms with Crippen molar-refractivity contribution in [3.05, 3.63) is 24.7 Å². The van der Waals surface area contributed by atoms with Gasteiger partial charge in [0.05, 0.1) is 5.69 Å². The highest BCUT2D eigenvalue weighted by molar-refractivity contribution is 5.58. The molecule has 6 heteroatoms. The van der Waals surface area contributed by atoms with Gasteiger partial charge in [-0.2, -0.15) is 0 Å². The van der Waals surface area contributed by atoms with Crippen LogP contribution >= 0.6 is 0 Å². The highest BCUT2D eigenvalue weighted by Crippen LogP contribution is 2.20. The minimum absolute atomic E-state index is 0.271. The third kappa shape index (κ3) is 2.09. The molecule has 3 rings (SSSR count). The number of nitrogen functional groups attached to an aromatic ring is 1. The normalized spacial score (nSPS) is 15.0. The lowest BCUT2D eigenvalue weighted by Gasteiger charge is -2.15. The quantitative estimate of drug-likeness (QED) is 0.849. The average molecular weight is 242 g/mol. The maximum Gasteiger partial charge on any atom is 0.225 e. The molecule has 2 N–H and O–H groups in total. The minimum atomic E-state index is 0.271. The number of aromatic nitrogens is 4. The zero-order valence-electron chi connectivity index (χ0n) is 9.95. The van der Waals surface area contributed by atoms with Crippen molar-refractivity contribution < 1.29 is 0 Å². The van der Waals surface area contributed by atoms with Crippen molar-refractivity contribution in [2.75, 3.05) is 23.7 Å². The molecular weight excluding hydrogens is 228 g/mol. The topological polar surface area (TPSA) is 80.8 Å². The van der Waals surface area contributed by atoms with E-state index in [1.54, 1.807) is 18.6 Å². The summed E-state index contributed by atoms with van der Waals surface area (Å²) in [7, 11) is 0. The van der Waals surface area contributed by atoms with E-state index < -0.39 is 0 Å². The molecule has 0 amide bonds. The van der Waals surface area contributed by atoms with E-state index in [1.165, 1.54) is 12.8 Å². The second-order valence-corrected chi connectivity index (χ2v) is 4.27. The number of anilines is 2. The Hall–Kier alpha value is -2.24. The van der Waals surface area contributed by atoms with Gasteiger partial charge in [-0.1, -0.05) is 0 Å².